The van der Waals surface area contributed by atoms with Gasteiger partial charge in [-0.2, -0.15) is 4.99 Å². The molecular formula is C16H14N2O3S. The molecule has 5 nitrogen and oxygen atoms in total. The average Bonchev–Trinajstić information content (AvgIpc) is 3.32. The molecule has 0 radical (unpaired) electrons. The lowest BCUT2D eigenvalue weighted by molar-refractivity contribution is -0.119. The highest BCUT2D eigenvalue weighted by Crippen LogP contribution is 2.30. The molecule has 1 aliphatic rings. The summed E-state index contributed by atoms with van der Waals surface area (Å²) in [6.45, 7) is 0.328. The lowest BCUT2D eigenvalue weighted by Gasteiger charge is -2.01. The number of nitrogens with zero attached hydrogens (tertiary/aromatic N) is 2. The second-order valence-corrected chi connectivity index (χ2v) is 6.08. The molecule has 3 rings (SSSR count). The van der Waals surface area contributed by atoms with Gasteiger partial charge in [0.25, 0.3) is 5.91 Å². The number of amides is 1. The van der Waals surface area contributed by atoms with E-state index in [1.54, 1.807) is 18.2 Å². The Balaban J connectivity index is 2.14. The minimum atomic E-state index is -0.397. The number of aromatic nitrogens is 1. The number of rotatable bonds is 3. The number of hydrogen-bond acceptors (Lipinski definition) is 4. The Morgan fingerprint density at radius 2 is 2.27 bits per heavy atom. The van der Waals surface area contributed by atoms with Crippen molar-refractivity contribution in [3.05, 3.63) is 28.6 Å². The quantitative estimate of drug-likeness (QED) is 0.643. The van der Waals surface area contributed by atoms with Crippen LogP contribution >= 0.6 is 11.3 Å². The standard InChI is InChI=1S/C16H14N2O3S/c1-3-8-18-12-7-6-11(15(20)21-2)9-13(12)22-16(18)17-14(19)10-4-5-10/h1,6-7,9-10H,4-5,8H2,2H3. The number of thiazole rings is 1. The zero-order valence-electron chi connectivity index (χ0n) is 12.0. The number of ether oxygens (including phenoxy) is 1. The smallest absolute Gasteiger partial charge is 0.337 e. The fraction of sp³-hybridized carbons (Fsp3) is 0.312. The molecule has 0 spiro atoms. The molecule has 1 aromatic heterocycles. The number of esters is 1. The van der Waals surface area contributed by atoms with Crippen LogP contribution < -0.4 is 4.80 Å². The van der Waals surface area contributed by atoms with Gasteiger partial charge in [0.05, 0.1) is 29.4 Å². The second kappa shape index (κ2) is 5.78. The van der Waals surface area contributed by atoms with Crippen molar-refractivity contribution in [3.8, 4) is 12.3 Å². The highest BCUT2D eigenvalue weighted by molar-refractivity contribution is 7.16. The first kappa shape index (κ1) is 14.5. The van der Waals surface area contributed by atoms with Gasteiger partial charge >= 0.3 is 5.97 Å². The number of fused-ring (bicyclic) bond motifs is 1. The molecule has 1 amide bonds. The lowest BCUT2D eigenvalue weighted by Crippen LogP contribution is -2.16. The zero-order chi connectivity index (χ0) is 15.7. The van der Waals surface area contributed by atoms with Crippen LogP contribution in [0.2, 0.25) is 0 Å². The Kier molecular flexibility index (Phi) is 3.82. The molecule has 6 heteroatoms. The summed E-state index contributed by atoms with van der Waals surface area (Å²) in [7, 11) is 1.34. The van der Waals surface area contributed by atoms with Gasteiger partial charge in [0.15, 0.2) is 4.80 Å². The summed E-state index contributed by atoms with van der Waals surface area (Å²) in [6, 6.07) is 5.22. The highest BCUT2D eigenvalue weighted by Gasteiger charge is 2.29. The molecule has 0 N–H and O–H groups in total. The Hall–Kier alpha value is -2.39. The molecule has 1 fully saturated rings. The fourth-order valence-corrected chi connectivity index (χ4v) is 3.24. The minimum absolute atomic E-state index is 0.0649. The monoisotopic (exact) mass is 314 g/mol. The predicted molar refractivity (Wildman–Crippen MR) is 83.3 cm³/mol. The van der Waals surface area contributed by atoms with Gasteiger partial charge in [-0.1, -0.05) is 17.3 Å². The van der Waals surface area contributed by atoms with Crippen molar-refractivity contribution in [2.45, 2.75) is 19.4 Å². The molecule has 112 valence electrons. The SMILES string of the molecule is C#CCn1c(=NC(=O)C2CC2)sc2cc(C(=O)OC)ccc21. The summed E-state index contributed by atoms with van der Waals surface area (Å²) < 4.78 is 7.39. The van der Waals surface area contributed by atoms with Gasteiger partial charge in [0.2, 0.25) is 0 Å². The molecule has 0 aliphatic heterocycles. The molecule has 0 saturated heterocycles. The van der Waals surface area contributed by atoms with Crippen LogP contribution in [0, 0.1) is 18.3 Å². The van der Waals surface area contributed by atoms with Crippen molar-refractivity contribution < 1.29 is 14.3 Å². The van der Waals surface area contributed by atoms with Gasteiger partial charge in [-0.15, -0.1) is 6.42 Å². The lowest BCUT2D eigenvalue weighted by atomic mass is 10.2. The van der Waals surface area contributed by atoms with Crippen LogP contribution in [0.1, 0.15) is 23.2 Å². The van der Waals surface area contributed by atoms with Gasteiger partial charge in [-0.25, -0.2) is 4.79 Å². The molecule has 1 heterocycles. The first-order chi connectivity index (χ1) is 10.6. The van der Waals surface area contributed by atoms with Crippen LogP contribution in [0.4, 0.5) is 0 Å². The normalized spacial score (nSPS) is 14.8. The van der Waals surface area contributed by atoms with Gasteiger partial charge in [-0.3, -0.25) is 4.79 Å². The maximum atomic E-state index is 11.9. The minimum Gasteiger partial charge on any atom is -0.465 e. The topological polar surface area (TPSA) is 60.7 Å². The first-order valence-electron chi connectivity index (χ1n) is 6.87. The predicted octanol–water partition coefficient (Wildman–Crippen LogP) is 1.96. The summed E-state index contributed by atoms with van der Waals surface area (Å²) in [4.78, 5) is 28.3. The zero-order valence-corrected chi connectivity index (χ0v) is 12.9. The van der Waals surface area contributed by atoms with E-state index in [-0.39, 0.29) is 11.8 Å². The molecule has 22 heavy (non-hydrogen) atoms. The number of hydrogen-bond donors (Lipinski definition) is 0. The maximum Gasteiger partial charge on any atom is 0.337 e. The van der Waals surface area contributed by atoms with E-state index in [4.69, 9.17) is 11.2 Å². The summed E-state index contributed by atoms with van der Waals surface area (Å²) in [5.74, 6) is 2.15. The average molecular weight is 314 g/mol. The maximum absolute atomic E-state index is 11.9. The third-order valence-electron chi connectivity index (χ3n) is 3.49. The third-order valence-corrected chi connectivity index (χ3v) is 4.53. The van der Waals surface area contributed by atoms with Crippen molar-refractivity contribution in [2.75, 3.05) is 7.11 Å². The summed E-state index contributed by atoms with van der Waals surface area (Å²) >= 11 is 1.35. The van der Waals surface area contributed by atoms with E-state index in [9.17, 15) is 9.59 Å². The molecule has 0 unspecified atom stereocenters. The van der Waals surface area contributed by atoms with Crippen molar-refractivity contribution in [1.29, 1.82) is 0 Å². The number of terminal acetylenes is 1. The van der Waals surface area contributed by atoms with Crippen LogP contribution in [0.15, 0.2) is 23.2 Å². The molecule has 1 aromatic carbocycles. The summed E-state index contributed by atoms with van der Waals surface area (Å²) in [5, 5.41) is 0. The van der Waals surface area contributed by atoms with E-state index in [2.05, 4.69) is 10.9 Å². The molecule has 0 atom stereocenters. The number of carbonyl (C=O) groups is 2. The van der Waals surface area contributed by atoms with Crippen molar-refractivity contribution in [2.24, 2.45) is 10.9 Å². The fourth-order valence-electron chi connectivity index (χ4n) is 2.16. The van der Waals surface area contributed by atoms with E-state index in [0.717, 1.165) is 23.1 Å². The van der Waals surface area contributed by atoms with Crippen LogP contribution in [0.25, 0.3) is 10.2 Å². The largest absolute Gasteiger partial charge is 0.465 e. The molecule has 2 aromatic rings. The molecular weight excluding hydrogens is 300 g/mol. The van der Waals surface area contributed by atoms with Crippen LogP contribution in [-0.2, 0) is 16.1 Å². The Morgan fingerprint density at radius 1 is 1.50 bits per heavy atom. The molecule has 1 aliphatic carbocycles. The van der Waals surface area contributed by atoms with Crippen LogP contribution in [0.5, 0.6) is 0 Å². The van der Waals surface area contributed by atoms with E-state index in [1.165, 1.54) is 18.4 Å². The van der Waals surface area contributed by atoms with Crippen LogP contribution in [-0.4, -0.2) is 23.6 Å². The van der Waals surface area contributed by atoms with Crippen molar-refractivity contribution in [1.82, 2.24) is 4.57 Å². The Morgan fingerprint density at radius 3 is 2.91 bits per heavy atom. The highest BCUT2D eigenvalue weighted by atomic mass is 32.1. The number of methoxy groups -OCH3 is 1. The third kappa shape index (κ3) is 2.68. The van der Waals surface area contributed by atoms with Gasteiger partial charge in [-0.05, 0) is 31.0 Å². The van der Waals surface area contributed by atoms with E-state index in [1.807, 2.05) is 4.57 Å². The Labute approximate surface area is 131 Å². The number of carbonyl (C=O) groups excluding carboxylic acids is 2. The van der Waals surface area contributed by atoms with E-state index < -0.39 is 5.97 Å². The van der Waals surface area contributed by atoms with Gasteiger partial charge in [0, 0.05) is 5.92 Å². The molecule has 0 bridgehead atoms. The van der Waals surface area contributed by atoms with Gasteiger partial charge in [0.1, 0.15) is 0 Å². The first-order valence-corrected chi connectivity index (χ1v) is 7.69. The summed E-state index contributed by atoms with van der Waals surface area (Å²) in [5.41, 5.74) is 1.32. The van der Waals surface area contributed by atoms with E-state index in [0.29, 0.717) is 16.9 Å². The van der Waals surface area contributed by atoms with Gasteiger partial charge < -0.3 is 9.30 Å². The van der Waals surface area contributed by atoms with Crippen LogP contribution in [0.3, 0.4) is 0 Å². The number of benzene rings is 1. The van der Waals surface area contributed by atoms with Crippen molar-refractivity contribution >= 4 is 33.4 Å². The second-order valence-electron chi connectivity index (χ2n) is 5.07. The van der Waals surface area contributed by atoms with Crippen molar-refractivity contribution in [3.63, 3.8) is 0 Å². The molecule has 1 saturated carbocycles. The Bertz CT molecular complexity index is 866. The summed E-state index contributed by atoms with van der Waals surface area (Å²) in [6.07, 6.45) is 7.24. The van der Waals surface area contributed by atoms with E-state index >= 15 is 0 Å².